The van der Waals surface area contributed by atoms with Gasteiger partial charge in [-0.2, -0.15) is 0 Å². The van der Waals surface area contributed by atoms with Gasteiger partial charge in [0.05, 0.1) is 20.3 Å². The quantitative estimate of drug-likeness (QED) is 0.728. The van der Waals surface area contributed by atoms with Crippen LogP contribution in [0.3, 0.4) is 0 Å². The molecule has 0 saturated carbocycles. The van der Waals surface area contributed by atoms with Crippen molar-refractivity contribution in [2.24, 2.45) is 0 Å². The summed E-state index contributed by atoms with van der Waals surface area (Å²) in [5.74, 6) is 3.37. The van der Waals surface area contributed by atoms with Crippen LogP contribution in [0.4, 0.5) is 0 Å². The van der Waals surface area contributed by atoms with Gasteiger partial charge in [0.25, 0.3) is 0 Å². The Hall–Kier alpha value is -2.82. The fraction of sp³-hybridized carbons (Fsp3) is 0.417. The lowest BCUT2D eigenvalue weighted by Crippen LogP contribution is -2.37. The van der Waals surface area contributed by atoms with Crippen LogP contribution in [0.5, 0.6) is 23.0 Å². The zero-order chi connectivity index (χ0) is 20.1. The highest BCUT2D eigenvalue weighted by molar-refractivity contribution is 5.95. The summed E-state index contributed by atoms with van der Waals surface area (Å²) in [4.78, 5) is 2.56. The lowest BCUT2D eigenvalue weighted by atomic mass is 9.80. The number of hydrogen-bond donors (Lipinski definition) is 0. The Labute approximate surface area is 171 Å². The third kappa shape index (κ3) is 2.53. The van der Waals surface area contributed by atoms with Crippen LogP contribution in [0.15, 0.2) is 24.3 Å². The Bertz CT molecular complexity index is 1010. The summed E-state index contributed by atoms with van der Waals surface area (Å²) in [6.07, 6.45) is 2.93. The Morgan fingerprint density at radius 3 is 2.52 bits per heavy atom. The summed E-state index contributed by atoms with van der Waals surface area (Å²) >= 11 is 0. The monoisotopic (exact) mass is 393 g/mol. The molecule has 1 atom stereocenters. The van der Waals surface area contributed by atoms with E-state index in [1.165, 1.54) is 33.5 Å². The van der Waals surface area contributed by atoms with Crippen molar-refractivity contribution in [1.82, 2.24) is 4.90 Å². The first-order valence-corrected chi connectivity index (χ1v) is 10.4. The number of hydrogen-bond acceptors (Lipinski definition) is 5. The van der Waals surface area contributed by atoms with Gasteiger partial charge >= 0.3 is 0 Å². The number of benzene rings is 2. The normalized spacial score (nSPS) is 18.9. The van der Waals surface area contributed by atoms with Crippen molar-refractivity contribution in [1.29, 1.82) is 0 Å². The smallest absolute Gasteiger partial charge is 0.231 e. The Kier molecular flexibility index (Phi) is 4.34. The topological polar surface area (TPSA) is 40.2 Å². The molecule has 5 rings (SSSR count). The molecule has 29 heavy (non-hydrogen) atoms. The molecule has 0 bridgehead atoms. The minimum absolute atomic E-state index is 0.249. The zero-order valence-corrected chi connectivity index (χ0v) is 17.5. The molecule has 3 aliphatic heterocycles. The lowest BCUT2D eigenvalue weighted by molar-refractivity contribution is 0.174. The predicted molar refractivity (Wildman–Crippen MR) is 113 cm³/mol. The van der Waals surface area contributed by atoms with E-state index in [2.05, 4.69) is 36.9 Å². The molecule has 0 spiro atoms. The van der Waals surface area contributed by atoms with Crippen molar-refractivity contribution in [3.05, 3.63) is 46.5 Å². The van der Waals surface area contributed by atoms with Gasteiger partial charge in [0.1, 0.15) is 0 Å². The number of allylic oxidation sites excluding steroid dienone is 1. The van der Waals surface area contributed by atoms with Crippen LogP contribution in [0, 0.1) is 0 Å². The van der Waals surface area contributed by atoms with Crippen LogP contribution in [0.2, 0.25) is 0 Å². The highest BCUT2D eigenvalue weighted by Crippen LogP contribution is 2.53. The van der Waals surface area contributed by atoms with Crippen LogP contribution in [0.1, 0.15) is 55.0 Å². The standard InChI is InChI=1S/C24H27NO4/c1-5-15-16-7-8-19(26-3)24(27-4)22(16)18(6-2)25-10-9-14-11-20-21(29-13-28-20)12-17(14)23(15)25/h7-8,11-12,18H,5-6,9-10,13H2,1-4H3. The molecule has 2 aromatic rings. The van der Waals surface area contributed by atoms with Crippen LogP contribution in [-0.2, 0) is 6.42 Å². The van der Waals surface area contributed by atoms with Gasteiger partial charge in [-0.15, -0.1) is 0 Å². The summed E-state index contributed by atoms with van der Waals surface area (Å²) in [6.45, 7) is 5.76. The van der Waals surface area contributed by atoms with Crippen LogP contribution >= 0.6 is 0 Å². The van der Waals surface area contributed by atoms with E-state index in [1.54, 1.807) is 14.2 Å². The van der Waals surface area contributed by atoms with E-state index in [1.807, 2.05) is 6.07 Å². The first-order valence-electron chi connectivity index (χ1n) is 10.4. The van der Waals surface area contributed by atoms with E-state index < -0.39 is 0 Å². The molecule has 3 heterocycles. The molecule has 152 valence electrons. The number of ether oxygens (including phenoxy) is 4. The molecular formula is C24H27NO4. The second-order valence-corrected chi connectivity index (χ2v) is 7.67. The average Bonchev–Trinajstić information content (AvgIpc) is 3.22. The van der Waals surface area contributed by atoms with E-state index in [0.29, 0.717) is 6.79 Å². The summed E-state index contributed by atoms with van der Waals surface area (Å²) in [6, 6.07) is 8.82. The molecule has 1 unspecified atom stereocenters. The maximum Gasteiger partial charge on any atom is 0.231 e. The highest BCUT2D eigenvalue weighted by atomic mass is 16.7. The first kappa shape index (κ1) is 18.2. The van der Waals surface area contributed by atoms with Gasteiger partial charge < -0.3 is 23.8 Å². The molecular weight excluding hydrogens is 366 g/mol. The summed E-state index contributed by atoms with van der Waals surface area (Å²) in [5, 5.41) is 0. The van der Waals surface area contributed by atoms with Crippen LogP contribution in [-0.4, -0.2) is 32.5 Å². The van der Waals surface area contributed by atoms with E-state index in [0.717, 1.165) is 48.8 Å². The molecule has 0 N–H and O–H groups in total. The van der Waals surface area contributed by atoms with Gasteiger partial charge in [-0.25, -0.2) is 0 Å². The highest BCUT2D eigenvalue weighted by Gasteiger charge is 2.38. The Morgan fingerprint density at radius 1 is 1.03 bits per heavy atom. The number of fused-ring (bicyclic) bond motifs is 5. The fourth-order valence-corrected chi connectivity index (χ4v) is 5.18. The zero-order valence-electron chi connectivity index (χ0n) is 17.5. The van der Waals surface area contributed by atoms with E-state index in [4.69, 9.17) is 18.9 Å². The van der Waals surface area contributed by atoms with Gasteiger partial charge in [-0.05, 0) is 54.2 Å². The maximum atomic E-state index is 5.86. The SMILES string of the molecule is CCC1=C2c3cc4c(cc3CCN2C(CC)c2c1ccc(OC)c2OC)OCO4. The van der Waals surface area contributed by atoms with E-state index in [9.17, 15) is 0 Å². The Balaban J connectivity index is 1.80. The van der Waals surface area contributed by atoms with Crippen molar-refractivity contribution in [2.45, 2.75) is 39.2 Å². The van der Waals surface area contributed by atoms with Crippen molar-refractivity contribution >= 4 is 11.3 Å². The van der Waals surface area contributed by atoms with E-state index in [-0.39, 0.29) is 6.04 Å². The Morgan fingerprint density at radius 2 is 1.83 bits per heavy atom. The largest absolute Gasteiger partial charge is 0.493 e. The molecule has 0 fully saturated rings. The summed E-state index contributed by atoms with van der Waals surface area (Å²) in [5.41, 5.74) is 7.82. The molecule has 0 aliphatic carbocycles. The molecule has 0 saturated heterocycles. The number of nitrogens with zero attached hydrogens (tertiary/aromatic N) is 1. The molecule has 0 aromatic heterocycles. The number of methoxy groups -OCH3 is 2. The first-order chi connectivity index (χ1) is 14.2. The van der Waals surface area contributed by atoms with Crippen LogP contribution in [0.25, 0.3) is 11.3 Å². The average molecular weight is 393 g/mol. The lowest BCUT2D eigenvalue weighted by Gasteiger charge is -2.45. The maximum absolute atomic E-state index is 5.86. The molecule has 5 nitrogen and oxygen atoms in total. The third-order valence-corrected chi connectivity index (χ3v) is 6.41. The van der Waals surface area contributed by atoms with Crippen molar-refractivity contribution in [3.63, 3.8) is 0 Å². The fourth-order valence-electron chi connectivity index (χ4n) is 5.18. The minimum Gasteiger partial charge on any atom is -0.493 e. The summed E-state index contributed by atoms with van der Waals surface area (Å²) < 4.78 is 22.8. The van der Waals surface area contributed by atoms with Gasteiger partial charge in [-0.3, -0.25) is 0 Å². The third-order valence-electron chi connectivity index (χ3n) is 6.41. The van der Waals surface area contributed by atoms with E-state index >= 15 is 0 Å². The van der Waals surface area contributed by atoms with Gasteiger partial charge in [0.15, 0.2) is 23.0 Å². The number of rotatable bonds is 4. The van der Waals surface area contributed by atoms with Crippen molar-refractivity contribution in [2.75, 3.05) is 27.6 Å². The summed E-state index contributed by atoms with van der Waals surface area (Å²) in [7, 11) is 3.44. The second-order valence-electron chi connectivity index (χ2n) is 7.67. The minimum atomic E-state index is 0.249. The van der Waals surface area contributed by atoms with Crippen molar-refractivity contribution in [3.8, 4) is 23.0 Å². The molecule has 0 radical (unpaired) electrons. The van der Waals surface area contributed by atoms with Crippen molar-refractivity contribution < 1.29 is 18.9 Å². The molecule has 3 aliphatic rings. The molecule has 0 amide bonds. The molecule has 2 aromatic carbocycles. The molecule has 5 heteroatoms. The van der Waals surface area contributed by atoms with Gasteiger partial charge in [0, 0.05) is 23.4 Å². The predicted octanol–water partition coefficient (Wildman–Crippen LogP) is 5.03. The van der Waals surface area contributed by atoms with Gasteiger partial charge in [0.2, 0.25) is 6.79 Å². The van der Waals surface area contributed by atoms with Crippen LogP contribution < -0.4 is 18.9 Å². The van der Waals surface area contributed by atoms with Gasteiger partial charge in [-0.1, -0.05) is 19.9 Å². The second kappa shape index (κ2) is 6.90.